The van der Waals surface area contributed by atoms with Gasteiger partial charge in [0.15, 0.2) is 5.82 Å². The number of allylic oxidation sites excluding steroid dienone is 1. The number of nitrogen functional groups attached to an aromatic ring is 1. The molecule has 3 aliphatic heterocycles. The first-order valence-corrected chi connectivity index (χ1v) is 16.3. The lowest BCUT2D eigenvalue weighted by Gasteiger charge is -2.38. The number of nitriles is 1. The number of piperidine rings is 1. The molecule has 8 nitrogen and oxygen atoms in total. The van der Waals surface area contributed by atoms with Gasteiger partial charge in [0.05, 0.1) is 26.4 Å². The second kappa shape index (κ2) is 11.1. The molecule has 234 valence electrons. The van der Waals surface area contributed by atoms with E-state index in [1.165, 1.54) is 17.7 Å². The Labute approximate surface area is 268 Å². The molecular formula is C33H33ClF2N6O2S. The van der Waals surface area contributed by atoms with Crippen LogP contribution in [-0.4, -0.2) is 63.9 Å². The van der Waals surface area contributed by atoms with Gasteiger partial charge in [0.1, 0.15) is 34.8 Å². The van der Waals surface area contributed by atoms with Crippen molar-refractivity contribution in [1.82, 2.24) is 14.9 Å². The van der Waals surface area contributed by atoms with Crippen LogP contribution in [-0.2, 0) is 0 Å². The number of fused-ring (bicyclic) bond motifs is 3. The molecule has 3 N–H and O–H groups in total. The number of aromatic nitrogens is 2. The zero-order valence-electron chi connectivity index (χ0n) is 25.1. The van der Waals surface area contributed by atoms with Crippen LogP contribution in [0.3, 0.4) is 0 Å². The molecule has 12 heteroatoms. The Bertz CT molecular complexity index is 1940. The number of benzene rings is 2. The summed E-state index contributed by atoms with van der Waals surface area (Å²) in [7, 11) is 0. The minimum Gasteiger partial charge on any atom is -0.461 e. The number of β-amino-alcohol motifs (C(OH)–C–C–N with tert-alkyl or cyclic N) is 1. The maximum absolute atomic E-state index is 16.9. The highest BCUT2D eigenvalue weighted by molar-refractivity contribution is 7.23. The molecule has 0 saturated carbocycles. The van der Waals surface area contributed by atoms with Crippen molar-refractivity contribution in [2.75, 3.05) is 43.4 Å². The fourth-order valence-corrected chi connectivity index (χ4v) is 8.64. The first-order valence-electron chi connectivity index (χ1n) is 15.1. The maximum Gasteiger partial charge on any atom is 0.319 e. The molecule has 7 rings (SSSR count). The van der Waals surface area contributed by atoms with Crippen LogP contribution in [0.15, 0.2) is 29.8 Å². The molecule has 0 aliphatic carbocycles. The first kappa shape index (κ1) is 30.1. The van der Waals surface area contributed by atoms with Crippen molar-refractivity contribution >= 4 is 54.7 Å². The van der Waals surface area contributed by atoms with E-state index in [1.807, 2.05) is 11.0 Å². The molecule has 2 aromatic heterocycles. The lowest BCUT2D eigenvalue weighted by Crippen LogP contribution is -2.46. The Kier molecular flexibility index (Phi) is 7.40. The normalized spacial score (nSPS) is 24.6. The quantitative estimate of drug-likeness (QED) is 0.227. The van der Waals surface area contributed by atoms with Gasteiger partial charge >= 0.3 is 6.01 Å². The molecule has 45 heavy (non-hydrogen) atoms. The Morgan fingerprint density at radius 1 is 1.24 bits per heavy atom. The van der Waals surface area contributed by atoms with E-state index in [1.54, 1.807) is 13.0 Å². The Balaban J connectivity index is 1.40. The third kappa shape index (κ3) is 4.99. The van der Waals surface area contributed by atoms with Gasteiger partial charge in [0.2, 0.25) is 0 Å². The molecule has 3 aliphatic rings. The van der Waals surface area contributed by atoms with Gasteiger partial charge in [0, 0.05) is 36.0 Å². The van der Waals surface area contributed by atoms with Crippen LogP contribution in [0.4, 0.5) is 19.6 Å². The monoisotopic (exact) mass is 650 g/mol. The predicted octanol–water partition coefficient (Wildman–Crippen LogP) is 6.81. The van der Waals surface area contributed by atoms with Crippen molar-refractivity contribution in [2.45, 2.75) is 57.1 Å². The summed E-state index contributed by atoms with van der Waals surface area (Å²) in [4.78, 5) is 13.8. The SMILES string of the molecule is C/C=C1\CN2CCCC2(COc2nc(N3CCC[C@@](C)(O)C3)c3cc(Cl)c(-c4ccc(F)c5sc(N)c(C#N)c45)c(F)c3n2)C1. The van der Waals surface area contributed by atoms with E-state index >= 15 is 4.39 Å². The number of rotatable bonds is 5. The molecule has 0 bridgehead atoms. The van der Waals surface area contributed by atoms with Gasteiger partial charge in [-0.3, -0.25) is 4.90 Å². The molecule has 4 aromatic rings. The van der Waals surface area contributed by atoms with E-state index in [0.717, 1.165) is 50.1 Å². The fourth-order valence-electron chi connectivity index (χ4n) is 7.39. The summed E-state index contributed by atoms with van der Waals surface area (Å²) in [6.07, 6.45) is 6.48. The molecule has 0 spiro atoms. The number of hydrogen-bond acceptors (Lipinski definition) is 9. The molecule has 0 amide bonds. The van der Waals surface area contributed by atoms with Gasteiger partial charge in [-0.1, -0.05) is 29.3 Å². The Hall–Kier alpha value is -3.56. The number of nitrogens with zero attached hydrogens (tertiary/aromatic N) is 5. The highest BCUT2D eigenvalue weighted by Crippen LogP contribution is 2.46. The molecule has 2 atom stereocenters. The van der Waals surface area contributed by atoms with Gasteiger partial charge in [-0.15, -0.1) is 11.3 Å². The third-order valence-electron chi connectivity index (χ3n) is 9.59. The van der Waals surface area contributed by atoms with E-state index in [-0.39, 0.29) is 53.9 Å². The van der Waals surface area contributed by atoms with Crippen LogP contribution < -0.4 is 15.4 Å². The van der Waals surface area contributed by atoms with E-state index in [4.69, 9.17) is 27.1 Å². The third-order valence-corrected chi connectivity index (χ3v) is 10.9. The van der Waals surface area contributed by atoms with Gasteiger partial charge in [-0.2, -0.15) is 15.2 Å². The molecule has 3 fully saturated rings. The van der Waals surface area contributed by atoms with Crippen LogP contribution in [0, 0.1) is 23.0 Å². The highest BCUT2D eigenvalue weighted by atomic mass is 35.5. The van der Waals surface area contributed by atoms with Gasteiger partial charge < -0.3 is 20.5 Å². The minimum absolute atomic E-state index is 0.0138. The molecule has 5 heterocycles. The summed E-state index contributed by atoms with van der Waals surface area (Å²) < 4.78 is 38.2. The summed E-state index contributed by atoms with van der Waals surface area (Å²) in [5, 5.41) is 21.5. The first-order chi connectivity index (χ1) is 21.5. The maximum atomic E-state index is 16.9. The van der Waals surface area contributed by atoms with E-state index in [2.05, 4.69) is 22.9 Å². The van der Waals surface area contributed by atoms with Crippen LogP contribution in [0.5, 0.6) is 6.01 Å². The number of halogens is 3. The lowest BCUT2D eigenvalue weighted by atomic mass is 9.93. The predicted molar refractivity (Wildman–Crippen MR) is 174 cm³/mol. The fraction of sp³-hybridized carbons (Fsp3) is 0.424. The summed E-state index contributed by atoms with van der Waals surface area (Å²) >= 11 is 7.75. The standard InChI is InChI=1S/C33H33ClF2N6O2S/c1-3-18-13-33(9-5-11-42(33)15-18)17-44-31-39-27-20(30(40-31)41-10-4-8-32(2,43)16-41)12-22(34)25(26(27)36)19-6-7-23(35)28-24(19)21(14-37)29(38)45-28/h3,6-7,12,43H,4-5,8-11,13,15-17,38H2,1-2H3/b18-3-/t32-,33?/m1/s1. The minimum atomic E-state index is -0.957. The molecular weight excluding hydrogens is 618 g/mol. The number of nitrogens with two attached hydrogens (primary N) is 1. The zero-order chi connectivity index (χ0) is 31.7. The summed E-state index contributed by atoms with van der Waals surface area (Å²) in [6.45, 7) is 6.98. The second-order valence-electron chi connectivity index (χ2n) is 12.7. The van der Waals surface area contributed by atoms with E-state index in [0.29, 0.717) is 37.3 Å². The molecule has 3 saturated heterocycles. The van der Waals surface area contributed by atoms with Crippen LogP contribution in [0.2, 0.25) is 5.02 Å². The van der Waals surface area contributed by atoms with Crippen molar-refractivity contribution in [1.29, 1.82) is 5.26 Å². The Morgan fingerprint density at radius 2 is 2.04 bits per heavy atom. The van der Waals surface area contributed by atoms with Crippen LogP contribution in [0.25, 0.3) is 32.1 Å². The van der Waals surface area contributed by atoms with Crippen molar-refractivity contribution < 1.29 is 18.6 Å². The van der Waals surface area contributed by atoms with Crippen molar-refractivity contribution in [2.24, 2.45) is 0 Å². The average Bonchev–Trinajstić information content (AvgIpc) is 3.66. The number of anilines is 2. The summed E-state index contributed by atoms with van der Waals surface area (Å²) in [5.41, 5.74) is 6.60. The smallest absolute Gasteiger partial charge is 0.319 e. The van der Waals surface area contributed by atoms with E-state index in [9.17, 15) is 14.8 Å². The largest absolute Gasteiger partial charge is 0.461 e. The van der Waals surface area contributed by atoms with Gasteiger partial charge in [-0.05, 0) is 70.2 Å². The summed E-state index contributed by atoms with van der Waals surface area (Å²) in [5.74, 6) is -0.880. The topological polar surface area (TPSA) is 112 Å². The lowest BCUT2D eigenvalue weighted by molar-refractivity contribution is 0.0447. The molecule has 1 unspecified atom stereocenters. The van der Waals surface area contributed by atoms with Crippen molar-refractivity contribution in [3.8, 4) is 23.2 Å². The Morgan fingerprint density at radius 3 is 2.80 bits per heavy atom. The number of thiophene rings is 1. The average molecular weight is 651 g/mol. The summed E-state index contributed by atoms with van der Waals surface area (Å²) in [6, 6.07) is 6.30. The van der Waals surface area contributed by atoms with Gasteiger partial charge in [-0.25, -0.2) is 8.78 Å². The zero-order valence-corrected chi connectivity index (χ0v) is 26.7. The number of ether oxygens (including phenoxy) is 1. The highest BCUT2D eigenvalue weighted by Gasteiger charge is 2.47. The van der Waals surface area contributed by atoms with Crippen molar-refractivity contribution in [3.63, 3.8) is 0 Å². The molecule has 0 radical (unpaired) electrons. The second-order valence-corrected chi connectivity index (χ2v) is 14.2. The number of aliphatic hydroxyl groups is 1. The van der Waals surface area contributed by atoms with Gasteiger partial charge in [0.25, 0.3) is 0 Å². The number of hydrogen-bond donors (Lipinski definition) is 2. The van der Waals surface area contributed by atoms with Crippen molar-refractivity contribution in [3.05, 3.63) is 52.1 Å². The van der Waals surface area contributed by atoms with Crippen LogP contribution >= 0.6 is 22.9 Å². The molecule has 2 aromatic carbocycles. The van der Waals surface area contributed by atoms with Crippen LogP contribution in [0.1, 0.15) is 51.5 Å². The van der Waals surface area contributed by atoms with E-state index < -0.39 is 17.2 Å².